The number of ether oxygens (including phenoxy) is 1. The molecule has 0 fully saturated rings. The van der Waals surface area contributed by atoms with Crippen molar-refractivity contribution in [3.63, 3.8) is 0 Å². The highest BCUT2D eigenvalue weighted by Gasteiger charge is 2.06. The Morgan fingerprint density at radius 1 is 0.808 bits per heavy atom. The number of hydrogen-bond donors (Lipinski definition) is 0. The minimum Gasteiger partial charge on any atom is -0.496 e. The molecule has 3 rings (SSSR count). The topological polar surface area (TPSA) is 9.23 Å². The Morgan fingerprint density at radius 3 is 1.88 bits per heavy atom. The van der Waals surface area contributed by atoms with Gasteiger partial charge in [0.25, 0.3) is 0 Å². The summed E-state index contributed by atoms with van der Waals surface area (Å²) in [7, 11) is 1.71. The third kappa shape index (κ3) is 4.69. The van der Waals surface area contributed by atoms with Gasteiger partial charge in [0.05, 0.1) is 7.11 Å². The zero-order chi connectivity index (χ0) is 18.4. The first-order chi connectivity index (χ1) is 12.7. The number of allylic oxidation sites excluding steroid dienone is 1. The van der Waals surface area contributed by atoms with E-state index in [0.717, 1.165) is 39.8 Å². The Kier molecular flexibility index (Phi) is 6.38. The molecule has 0 heterocycles. The number of rotatable bonds is 6. The summed E-state index contributed by atoms with van der Waals surface area (Å²) in [6.45, 7) is 0. The molecule has 0 bridgehead atoms. The van der Waals surface area contributed by atoms with Crippen molar-refractivity contribution in [1.29, 1.82) is 0 Å². The van der Waals surface area contributed by atoms with Crippen molar-refractivity contribution in [2.24, 2.45) is 0 Å². The Balaban J connectivity index is 1.88. The number of halogens is 2. The smallest absolute Gasteiger partial charge is 0.122 e. The number of para-hydroxylation sites is 1. The molecule has 3 heteroatoms. The molecule has 0 aliphatic carbocycles. The SMILES string of the molecule is COc1ccccc1CCC=C(c1ccc(Cl)cc1)c1ccc(Cl)cc1. The first kappa shape index (κ1) is 18.6. The molecule has 0 saturated heterocycles. The van der Waals surface area contributed by atoms with E-state index in [-0.39, 0.29) is 0 Å². The lowest BCUT2D eigenvalue weighted by Crippen LogP contribution is -1.93. The second-order valence-electron chi connectivity index (χ2n) is 5.98. The van der Waals surface area contributed by atoms with E-state index in [2.05, 4.69) is 12.1 Å². The van der Waals surface area contributed by atoms with Crippen molar-refractivity contribution >= 4 is 28.8 Å². The van der Waals surface area contributed by atoms with Gasteiger partial charge in [0.2, 0.25) is 0 Å². The molecular formula is C23H20Cl2O. The van der Waals surface area contributed by atoms with Gasteiger partial charge >= 0.3 is 0 Å². The van der Waals surface area contributed by atoms with Crippen molar-refractivity contribution in [3.8, 4) is 5.75 Å². The molecule has 0 atom stereocenters. The molecule has 3 aromatic rings. The van der Waals surface area contributed by atoms with E-state index in [1.807, 2.05) is 66.7 Å². The molecule has 3 aromatic carbocycles. The van der Waals surface area contributed by atoms with Crippen LogP contribution >= 0.6 is 23.2 Å². The van der Waals surface area contributed by atoms with Gasteiger partial charge in [-0.2, -0.15) is 0 Å². The summed E-state index contributed by atoms with van der Waals surface area (Å²) >= 11 is 12.1. The van der Waals surface area contributed by atoms with Crippen LogP contribution in [0, 0.1) is 0 Å². The lowest BCUT2D eigenvalue weighted by atomic mass is 9.96. The normalized spacial score (nSPS) is 10.4. The van der Waals surface area contributed by atoms with Gasteiger partial charge in [0, 0.05) is 10.0 Å². The molecule has 0 spiro atoms. The second kappa shape index (κ2) is 8.93. The summed E-state index contributed by atoms with van der Waals surface area (Å²) in [6.07, 6.45) is 4.08. The van der Waals surface area contributed by atoms with E-state index in [4.69, 9.17) is 27.9 Å². The van der Waals surface area contributed by atoms with Gasteiger partial charge in [0.15, 0.2) is 0 Å². The number of aryl methyl sites for hydroxylation is 1. The lowest BCUT2D eigenvalue weighted by molar-refractivity contribution is 0.409. The van der Waals surface area contributed by atoms with Gasteiger partial charge in [-0.05, 0) is 65.4 Å². The highest BCUT2D eigenvalue weighted by Crippen LogP contribution is 2.27. The Hall–Kier alpha value is -2.22. The Morgan fingerprint density at radius 2 is 1.35 bits per heavy atom. The van der Waals surface area contributed by atoms with Crippen LogP contribution in [0.1, 0.15) is 23.1 Å². The fraction of sp³-hybridized carbons (Fsp3) is 0.130. The third-order valence-corrected chi connectivity index (χ3v) is 4.77. The average molecular weight is 383 g/mol. The van der Waals surface area contributed by atoms with Crippen LogP contribution in [0.3, 0.4) is 0 Å². The monoisotopic (exact) mass is 382 g/mol. The zero-order valence-corrected chi connectivity index (χ0v) is 16.1. The molecule has 0 saturated carbocycles. The second-order valence-corrected chi connectivity index (χ2v) is 6.85. The maximum absolute atomic E-state index is 6.05. The minimum atomic E-state index is 0.734. The Labute approximate surface area is 164 Å². The fourth-order valence-electron chi connectivity index (χ4n) is 2.94. The van der Waals surface area contributed by atoms with Crippen LogP contribution in [-0.4, -0.2) is 7.11 Å². The van der Waals surface area contributed by atoms with Crippen LogP contribution in [0.4, 0.5) is 0 Å². The molecule has 0 amide bonds. The molecule has 26 heavy (non-hydrogen) atoms. The first-order valence-corrected chi connectivity index (χ1v) is 9.27. The van der Waals surface area contributed by atoms with E-state index >= 15 is 0 Å². The Bertz CT molecular complexity index is 833. The van der Waals surface area contributed by atoms with Gasteiger partial charge < -0.3 is 4.74 Å². The van der Waals surface area contributed by atoms with E-state index in [0.29, 0.717) is 0 Å². The molecule has 0 aliphatic rings. The molecular weight excluding hydrogens is 363 g/mol. The molecule has 0 aliphatic heterocycles. The van der Waals surface area contributed by atoms with Crippen LogP contribution in [-0.2, 0) is 6.42 Å². The van der Waals surface area contributed by atoms with Gasteiger partial charge in [-0.25, -0.2) is 0 Å². The van der Waals surface area contributed by atoms with Gasteiger partial charge in [-0.1, -0.05) is 71.7 Å². The summed E-state index contributed by atoms with van der Waals surface area (Å²) < 4.78 is 5.45. The summed E-state index contributed by atoms with van der Waals surface area (Å²) in [5.41, 5.74) is 4.65. The van der Waals surface area contributed by atoms with Crippen molar-refractivity contribution in [1.82, 2.24) is 0 Å². The molecule has 0 N–H and O–H groups in total. The van der Waals surface area contributed by atoms with Gasteiger partial charge in [-0.3, -0.25) is 0 Å². The van der Waals surface area contributed by atoms with Crippen molar-refractivity contribution in [2.45, 2.75) is 12.8 Å². The van der Waals surface area contributed by atoms with E-state index < -0.39 is 0 Å². The molecule has 0 radical (unpaired) electrons. The van der Waals surface area contributed by atoms with Crippen LogP contribution in [0.25, 0.3) is 5.57 Å². The highest BCUT2D eigenvalue weighted by atomic mass is 35.5. The predicted molar refractivity (Wildman–Crippen MR) is 111 cm³/mol. The fourth-order valence-corrected chi connectivity index (χ4v) is 3.19. The standard InChI is InChI=1S/C23H20Cl2O/c1-26-23-8-3-2-5-19(23)6-4-7-22(17-9-13-20(24)14-10-17)18-11-15-21(25)16-12-18/h2-3,5,7-16H,4,6H2,1H3. The maximum atomic E-state index is 6.05. The van der Waals surface area contributed by atoms with Crippen LogP contribution in [0.15, 0.2) is 78.9 Å². The van der Waals surface area contributed by atoms with E-state index in [9.17, 15) is 0 Å². The zero-order valence-electron chi connectivity index (χ0n) is 14.6. The van der Waals surface area contributed by atoms with Crippen molar-refractivity contribution < 1.29 is 4.74 Å². The largest absolute Gasteiger partial charge is 0.496 e. The summed E-state index contributed by atoms with van der Waals surface area (Å²) in [6, 6.07) is 24.0. The number of methoxy groups -OCH3 is 1. The molecule has 1 nitrogen and oxygen atoms in total. The number of benzene rings is 3. The van der Waals surface area contributed by atoms with Crippen molar-refractivity contribution in [2.75, 3.05) is 7.11 Å². The van der Waals surface area contributed by atoms with Crippen molar-refractivity contribution in [3.05, 3.63) is 106 Å². The molecule has 0 unspecified atom stereocenters. The minimum absolute atomic E-state index is 0.734. The highest BCUT2D eigenvalue weighted by molar-refractivity contribution is 6.31. The maximum Gasteiger partial charge on any atom is 0.122 e. The predicted octanol–water partition coefficient (Wildman–Crippen LogP) is 7.07. The van der Waals surface area contributed by atoms with Crippen LogP contribution < -0.4 is 4.74 Å². The average Bonchev–Trinajstić information content (AvgIpc) is 2.67. The van der Waals surface area contributed by atoms with Gasteiger partial charge in [-0.15, -0.1) is 0 Å². The quantitative estimate of drug-likeness (QED) is 0.442. The van der Waals surface area contributed by atoms with E-state index in [1.54, 1.807) is 7.11 Å². The first-order valence-electron chi connectivity index (χ1n) is 8.51. The van der Waals surface area contributed by atoms with E-state index in [1.165, 1.54) is 11.1 Å². The van der Waals surface area contributed by atoms with Crippen LogP contribution in [0.5, 0.6) is 5.75 Å². The molecule has 0 aromatic heterocycles. The third-order valence-electron chi connectivity index (χ3n) is 4.27. The summed E-state index contributed by atoms with van der Waals surface area (Å²) in [4.78, 5) is 0. The summed E-state index contributed by atoms with van der Waals surface area (Å²) in [5.74, 6) is 0.931. The number of hydrogen-bond acceptors (Lipinski definition) is 1. The summed E-state index contributed by atoms with van der Waals surface area (Å²) in [5, 5.41) is 1.47. The molecule has 132 valence electrons. The van der Waals surface area contributed by atoms with Gasteiger partial charge in [0.1, 0.15) is 5.75 Å². The van der Waals surface area contributed by atoms with Crippen LogP contribution in [0.2, 0.25) is 10.0 Å². The lowest BCUT2D eigenvalue weighted by Gasteiger charge is -2.11.